The van der Waals surface area contributed by atoms with Gasteiger partial charge in [0, 0.05) is 17.9 Å². The van der Waals surface area contributed by atoms with Crippen LogP contribution in [0.2, 0.25) is 0 Å². The third kappa shape index (κ3) is 3.84. The Morgan fingerprint density at radius 3 is 2.47 bits per heavy atom. The highest BCUT2D eigenvalue weighted by atomic mass is 32.2. The van der Waals surface area contributed by atoms with E-state index in [2.05, 4.69) is 0 Å². The van der Waals surface area contributed by atoms with E-state index in [1.807, 2.05) is 0 Å². The van der Waals surface area contributed by atoms with E-state index < -0.39 is 33.0 Å². The molecule has 5 nitrogen and oxygen atoms in total. The lowest BCUT2D eigenvalue weighted by Crippen LogP contribution is -2.28. The third-order valence-electron chi connectivity index (χ3n) is 5.30. The molecule has 30 heavy (non-hydrogen) atoms. The Kier molecular flexibility index (Phi) is 4.92. The van der Waals surface area contributed by atoms with Gasteiger partial charge in [-0.05, 0) is 37.5 Å². The fraction of sp³-hybridized carbons (Fsp3) is 0.318. The summed E-state index contributed by atoms with van der Waals surface area (Å²) in [4.78, 5) is 12.8. The molecule has 158 valence electrons. The summed E-state index contributed by atoms with van der Waals surface area (Å²) in [5.74, 6) is -2.91. The highest BCUT2D eigenvalue weighted by Crippen LogP contribution is 2.49. The molecule has 1 heterocycles. The SMILES string of the molecule is CC1(CC2CC2)OC(=O)C(Oc2ccc(F)c(F)c2)=C1c1ccccc1S(C)(=O)=O. The van der Waals surface area contributed by atoms with Gasteiger partial charge in [0.2, 0.25) is 5.76 Å². The molecule has 1 unspecified atom stereocenters. The molecule has 0 amide bonds. The number of rotatable bonds is 6. The molecule has 1 aliphatic heterocycles. The van der Waals surface area contributed by atoms with Crippen molar-refractivity contribution in [3.05, 3.63) is 65.4 Å². The molecule has 1 saturated carbocycles. The molecule has 2 aromatic carbocycles. The van der Waals surface area contributed by atoms with Crippen molar-refractivity contribution >= 4 is 21.4 Å². The second kappa shape index (κ2) is 7.19. The van der Waals surface area contributed by atoms with Crippen molar-refractivity contribution in [3.63, 3.8) is 0 Å². The molecule has 0 saturated heterocycles. The summed E-state index contributed by atoms with van der Waals surface area (Å²) >= 11 is 0. The average Bonchev–Trinajstić information content (AvgIpc) is 3.42. The van der Waals surface area contributed by atoms with E-state index in [9.17, 15) is 22.0 Å². The van der Waals surface area contributed by atoms with Gasteiger partial charge in [-0.15, -0.1) is 0 Å². The number of esters is 1. The Morgan fingerprint density at radius 1 is 1.13 bits per heavy atom. The zero-order chi connectivity index (χ0) is 21.7. The van der Waals surface area contributed by atoms with Crippen LogP contribution in [0.15, 0.2) is 53.1 Å². The Morgan fingerprint density at radius 2 is 1.83 bits per heavy atom. The van der Waals surface area contributed by atoms with Gasteiger partial charge in [0.1, 0.15) is 11.4 Å². The van der Waals surface area contributed by atoms with Crippen LogP contribution in [0.1, 0.15) is 31.7 Å². The second-order valence-corrected chi connectivity index (χ2v) is 9.90. The normalized spacial score (nSPS) is 21.7. The van der Waals surface area contributed by atoms with Gasteiger partial charge in [-0.25, -0.2) is 22.0 Å². The predicted molar refractivity (Wildman–Crippen MR) is 105 cm³/mol. The van der Waals surface area contributed by atoms with Crippen molar-refractivity contribution in [2.75, 3.05) is 6.26 Å². The Hall–Kier alpha value is -2.74. The highest BCUT2D eigenvalue weighted by Gasteiger charge is 2.49. The number of carbonyl (C=O) groups excluding carboxylic acids is 1. The number of carbonyl (C=O) groups is 1. The van der Waals surface area contributed by atoms with Gasteiger partial charge in [-0.3, -0.25) is 0 Å². The number of hydrogen-bond acceptors (Lipinski definition) is 5. The van der Waals surface area contributed by atoms with Crippen molar-refractivity contribution in [1.29, 1.82) is 0 Å². The molecule has 8 heteroatoms. The van der Waals surface area contributed by atoms with E-state index >= 15 is 0 Å². The van der Waals surface area contributed by atoms with E-state index in [0.29, 0.717) is 23.5 Å². The smallest absolute Gasteiger partial charge is 0.375 e. The summed E-state index contributed by atoms with van der Waals surface area (Å²) in [6.45, 7) is 1.72. The molecule has 0 bridgehead atoms. The summed E-state index contributed by atoms with van der Waals surface area (Å²) in [7, 11) is -3.63. The summed E-state index contributed by atoms with van der Waals surface area (Å²) < 4.78 is 63.1. The average molecular weight is 434 g/mol. The first-order chi connectivity index (χ1) is 14.1. The van der Waals surface area contributed by atoms with Crippen LogP contribution in [-0.2, 0) is 19.4 Å². The number of ether oxygens (including phenoxy) is 2. The zero-order valence-electron chi connectivity index (χ0n) is 16.4. The number of benzene rings is 2. The van der Waals surface area contributed by atoms with Crippen LogP contribution in [-0.4, -0.2) is 26.2 Å². The molecular weight excluding hydrogens is 414 g/mol. The lowest BCUT2D eigenvalue weighted by molar-refractivity contribution is -0.147. The van der Waals surface area contributed by atoms with Crippen molar-refractivity contribution in [2.45, 2.75) is 36.7 Å². The van der Waals surface area contributed by atoms with Gasteiger partial charge in [-0.2, -0.15) is 0 Å². The quantitative estimate of drug-likeness (QED) is 0.635. The van der Waals surface area contributed by atoms with Gasteiger partial charge in [0.15, 0.2) is 21.5 Å². The Labute approximate surface area is 173 Å². The fourth-order valence-corrected chi connectivity index (χ4v) is 4.71. The maximum Gasteiger partial charge on any atom is 0.375 e. The molecule has 1 aliphatic carbocycles. The minimum absolute atomic E-state index is 0.0340. The third-order valence-corrected chi connectivity index (χ3v) is 6.46. The minimum Gasteiger partial charge on any atom is -0.449 e. The standard InChI is InChI=1S/C22H20F2O5S/c1-22(12-13-7-8-13)19(15-5-3-4-6-18(15)30(2,26)27)20(21(25)29-22)28-14-9-10-16(23)17(24)11-14/h3-6,9-11,13H,7-8,12H2,1-2H3. The van der Waals surface area contributed by atoms with Crippen LogP contribution in [0.4, 0.5) is 8.78 Å². The van der Waals surface area contributed by atoms with Crippen molar-refractivity contribution in [3.8, 4) is 5.75 Å². The van der Waals surface area contributed by atoms with Crippen LogP contribution >= 0.6 is 0 Å². The largest absolute Gasteiger partial charge is 0.449 e. The van der Waals surface area contributed by atoms with Crippen LogP contribution in [0.25, 0.3) is 5.57 Å². The summed E-state index contributed by atoms with van der Waals surface area (Å²) in [5.41, 5.74) is -0.510. The van der Waals surface area contributed by atoms with Crippen molar-refractivity contribution in [1.82, 2.24) is 0 Å². The monoisotopic (exact) mass is 434 g/mol. The van der Waals surface area contributed by atoms with Crippen LogP contribution < -0.4 is 4.74 Å². The van der Waals surface area contributed by atoms with Crippen molar-refractivity contribution < 1.29 is 31.5 Å². The molecule has 2 aliphatic rings. The van der Waals surface area contributed by atoms with Gasteiger partial charge in [0.05, 0.1) is 10.5 Å². The van der Waals surface area contributed by atoms with E-state index in [1.54, 1.807) is 25.1 Å². The number of cyclic esters (lactones) is 1. The first-order valence-corrected chi connectivity index (χ1v) is 11.4. The van der Waals surface area contributed by atoms with E-state index in [-0.39, 0.29) is 16.4 Å². The lowest BCUT2D eigenvalue weighted by atomic mass is 9.85. The van der Waals surface area contributed by atoms with Crippen LogP contribution in [0.3, 0.4) is 0 Å². The summed E-state index contributed by atoms with van der Waals surface area (Å²) in [6.07, 6.45) is 3.58. The molecule has 4 rings (SSSR count). The number of hydrogen-bond donors (Lipinski definition) is 0. The number of sulfone groups is 1. The fourth-order valence-electron chi connectivity index (χ4n) is 3.82. The molecule has 1 fully saturated rings. The first kappa shape index (κ1) is 20.5. The molecule has 0 spiro atoms. The molecule has 0 radical (unpaired) electrons. The van der Waals surface area contributed by atoms with Gasteiger partial charge in [0.25, 0.3) is 0 Å². The van der Waals surface area contributed by atoms with Gasteiger partial charge < -0.3 is 9.47 Å². The van der Waals surface area contributed by atoms with Gasteiger partial charge in [-0.1, -0.05) is 31.0 Å². The lowest BCUT2D eigenvalue weighted by Gasteiger charge is -2.27. The Bertz CT molecular complexity index is 1170. The first-order valence-electron chi connectivity index (χ1n) is 9.49. The summed E-state index contributed by atoms with van der Waals surface area (Å²) in [5, 5.41) is 0. The molecule has 0 N–H and O–H groups in total. The topological polar surface area (TPSA) is 69.7 Å². The van der Waals surface area contributed by atoms with Gasteiger partial charge >= 0.3 is 5.97 Å². The highest BCUT2D eigenvalue weighted by molar-refractivity contribution is 7.90. The minimum atomic E-state index is -3.63. The summed E-state index contributed by atoms with van der Waals surface area (Å²) in [6, 6.07) is 9.19. The molecule has 1 atom stereocenters. The van der Waals surface area contributed by atoms with Crippen molar-refractivity contribution in [2.24, 2.45) is 5.92 Å². The number of halogens is 2. The second-order valence-electron chi connectivity index (χ2n) is 7.92. The maximum atomic E-state index is 13.7. The zero-order valence-corrected chi connectivity index (χ0v) is 17.3. The maximum absolute atomic E-state index is 13.7. The van der Waals surface area contributed by atoms with Crippen LogP contribution in [0, 0.1) is 17.6 Å². The van der Waals surface area contributed by atoms with E-state index in [4.69, 9.17) is 9.47 Å². The molecule has 0 aromatic heterocycles. The predicted octanol–water partition coefficient (Wildman–Crippen LogP) is 4.27. The Balaban J connectivity index is 1.90. The van der Waals surface area contributed by atoms with E-state index in [1.165, 1.54) is 12.1 Å². The van der Waals surface area contributed by atoms with E-state index in [0.717, 1.165) is 31.2 Å². The van der Waals surface area contributed by atoms with Crippen LogP contribution in [0.5, 0.6) is 5.75 Å². The molecule has 2 aromatic rings. The molecular formula is C22H20F2O5S.